The van der Waals surface area contributed by atoms with E-state index in [9.17, 15) is 5.11 Å². The molecule has 0 rings (SSSR count). The number of aliphatic hydroxyl groups excluding tert-OH is 1. The van der Waals surface area contributed by atoms with Crippen molar-refractivity contribution in [1.82, 2.24) is 0 Å². The van der Waals surface area contributed by atoms with Gasteiger partial charge in [-0.1, -0.05) is 20.8 Å². The van der Waals surface area contributed by atoms with E-state index in [0.29, 0.717) is 0 Å². The van der Waals surface area contributed by atoms with E-state index in [1.165, 1.54) is 0 Å². The summed E-state index contributed by atoms with van der Waals surface area (Å²) >= 11 is 0. The summed E-state index contributed by atoms with van der Waals surface area (Å²) in [6.07, 6.45) is 0.279. The van der Waals surface area contributed by atoms with Crippen molar-refractivity contribution in [2.45, 2.75) is 52.9 Å². The van der Waals surface area contributed by atoms with Gasteiger partial charge in [0.2, 0.25) is 0 Å². The largest absolute Gasteiger partial charge is 0.368 e. The molecule has 0 aromatic carbocycles. The number of hydrogen-bond donors (Lipinski definition) is 1. The van der Waals surface area contributed by atoms with Crippen LogP contribution in [0.2, 0.25) is 0 Å². The lowest BCUT2D eigenvalue weighted by atomic mass is 10.1. The molecule has 0 fully saturated rings. The van der Waals surface area contributed by atoms with Crippen LogP contribution in [-0.2, 0) is 4.74 Å². The highest BCUT2D eigenvalue weighted by Gasteiger charge is 2.21. The molecule has 2 nitrogen and oxygen atoms in total. The van der Waals surface area contributed by atoms with E-state index in [-0.39, 0.29) is 11.5 Å². The summed E-state index contributed by atoms with van der Waals surface area (Å²) in [5, 5.41) is 9.37. The molecule has 1 unspecified atom stereocenters. The van der Waals surface area contributed by atoms with Crippen molar-refractivity contribution in [3.63, 3.8) is 0 Å². The average Bonchev–Trinajstić information content (AvgIpc) is 1.87. The standard InChI is InChI=1S/C9H20O2/c1-6-9(4,5)11-8(10)7(2)3/h7-8,10H,6H2,1-5H3. The normalized spacial score (nSPS) is 15.5. The molecule has 0 saturated carbocycles. The second-order valence-electron chi connectivity index (χ2n) is 3.87. The second-order valence-corrected chi connectivity index (χ2v) is 3.87. The third kappa shape index (κ3) is 4.38. The molecular formula is C9H20O2. The first kappa shape index (κ1) is 10.9. The van der Waals surface area contributed by atoms with Crippen molar-refractivity contribution in [2.24, 2.45) is 5.92 Å². The van der Waals surface area contributed by atoms with Gasteiger partial charge >= 0.3 is 0 Å². The van der Waals surface area contributed by atoms with Gasteiger partial charge < -0.3 is 9.84 Å². The molecule has 0 aromatic rings. The molecule has 0 aliphatic heterocycles. The fourth-order valence-electron chi connectivity index (χ4n) is 0.546. The zero-order valence-corrected chi connectivity index (χ0v) is 8.22. The molecule has 0 spiro atoms. The Balaban J connectivity index is 3.83. The van der Waals surface area contributed by atoms with E-state index in [1.807, 2.05) is 34.6 Å². The van der Waals surface area contributed by atoms with Crippen LogP contribution in [0.25, 0.3) is 0 Å². The van der Waals surface area contributed by atoms with Gasteiger partial charge in [-0.2, -0.15) is 0 Å². The topological polar surface area (TPSA) is 29.5 Å². The minimum absolute atomic E-state index is 0.167. The van der Waals surface area contributed by atoms with Crippen LogP contribution in [0.3, 0.4) is 0 Å². The maximum atomic E-state index is 9.37. The van der Waals surface area contributed by atoms with Crippen LogP contribution in [0.4, 0.5) is 0 Å². The Morgan fingerprint density at radius 2 is 1.82 bits per heavy atom. The van der Waals surface area contributed by atoms with E-state index in [1.54, 1.807) is 0 Å². The Labute approximate surface area is 69.6 Å². The Kier molecular flexibility index (Phi) is 4.04. The molecule has 68 valence electrons. The molecule has 1 N–H and O–H groups in total. The number of hydrogen-bond acceptors (Lipinski definition) is 2. The number of aliphatic hydroxyl groups is 1. The second kappa shape index (κ2) is 4.07. The third-order valence-electron chi connectivity index (χ3n) is 1.86. The molecule has 0 aliphatic carbocycles. The molecular weight excluding hydrogens is 140 g/mol. The highest BCUT2D eigenvalue weighted by molar-refractivity contribution is 4.66. The van der Waals surface area contributed by atoms with Crippen molar-refractivity contribution in [2.75, 3.05) is 0 Å². The van der Waals surface area contributed by atoms with Crippen molar-refractivity contribution in [3.05, 3.63) is 0 Å². The minimum Gasteiger partial charge on any atom is -0.368 e. The summed E-state index contributed by atoms with van der Waals surface area (Å²) in [4.78, 5) is 0. The molecule has 0 heterocycles. The van der Waals surface area contributed by atoms with E-state index >= 15 is 0 Å². The fraction of sp³-hybridized carbons (Fsp3) is 1.00. The van der Waals surface area contributed by atoms with Gasteiger partial charge in [0, 0.05) is 5.92 Å². The van der Waals surface area contributed by atoms with Crippen LogP contribution >= 0.6 is 0 Å². The van der Waals surface area contributed by atoms with Crippen molar-refractivity contribution < 1.29 is 9.84 Å². The molecule has 0 aromatic heterocycles. The highest BCUT2D eigenvalue weighted by Crippen LogP contribution is 2.18. The first-order chi connectivity index (χ1) is 4.89. The van der Waals surface area contributed by atoms with Gasteiger partial charge in [0.1, 0.15) is 0 Å². The fourth-order valence-corrected chi connectivity index (χ4v) is 0.546. The minimum atomic E-state index is -0.634. The first-order valence-corrected chi connectivity index (χ1v) is 4.25. The molecule has 1 atom stereocenters. The lowest BCUT2D eigenvalue weighted by Crippen LogP contribution is -2.32. The Morgan fingerprint density at radius 1 is 1.36 bits per heavy atom. The van der Waals surface area contributed by atoms with Crippen LogP contribution in [0.1, 0.15) is 41.0 Å². The number of ether oxygens (including phenoxy) is 1. The van der Waals surface area contributed by atoms with E-state index in [2.05, 4.69) is 0 Å². The summed E-state index contributed by atoms with van der Waals surface area (Å²) < 4.78 is 5.40. The Bertz CT molecular complexity index is 108. The van der Waals surface area contributed by atoms with Crippen LogP contribution in [0.15, 0.2) is 0 Å². The molecule has 0 aliphatic rings. The highest BCUT2D eigenvalue weighted by atomic mass is 16.6. The summed E-state index contributed by atoms with van der Waals surface area (Å²) in [5.41, 5.74) is -0.205. The van der Waals surface area contributed by atoms with Gasteiger partial charge in [0.15, 0.2) is 6.29 Å². The first-order valence-electron chi connectivity index (χ1n) is 4.25. The predicted molar refractivity (Wildman–Crippen MR) is 46.3 cm³/mol. The van der Waals surface area contributed by atoms with Crippen molar-refractivity contribution >= 4 is 0 Å². The van der Waals surface area contributed by atoms with Crippen LogP contribution in [0.5, 0.6) is 0 Å². The molecule has 0 radical (unpaired) electrons. The average molecular weight is 160 g/mol. The van der Waals surface area contributed by atoms with Crippen LogP contribution in [0, 0.1) is 5.92 Å². The lowest BCUT2D eigenvalue weighted by Gasteiger charge is -2.28. The van der Waals surface area contributed by atoms with Gasteiger partial charge in [-0.3, -0.25) is 0 Å². The zero-order chi connectivity index (χ0) is 9.07. The number of rotatable bonds is 4. The summed E-state index contributed by atoms with van der Waals surface area (Å²) in [5.74, 6) is 0.167. The Hall–Kier alpha value is -0.0800. The van der Waals surface area contributed by atoms with Crippen LogP contribution in [-0.4, -0.2) is 17.0 Å². The van der Waals surface area contributed by atoms with Crippen LogP contribution < -0.4 is 0 Å². The van der Waals surface area contributed by atoms with E-state index in [0.717, 1.165) is 6.42 Å². The van der Waals surface area contributed by atoms with Gasteiger partial charge in [-0.25, -0.2) is 0 Å². The molecule has 11 heavy (non-hydrogen) atoms. The summed E-state index contributed by atoms with van der Waals surface area (Å²) in [6.45, 7) is 9.90. The molecule has 0 bridgehead atoms. The quantitative estimate of drug-likeness (QED) is 0.639. The van der Waals surface area contributed by atoms with E-state index in [4.69, 9.17) is 4.74 Å². The molecule has 2 heteroatoms. The maximum absolute atomic E-state index is 9.37. The Morgan fingerprint density at radius 3 is 2.09 bits per heavy atom. The third-order valence-corrected chi connectivity index (χ3v) is 1.86. The van der Waals surface area contributed by atoms with Gasteiger partial charge in [0.05, 0.1) is 5.60 Å². The van der Waals surface area contributed by atoms with E-state index < -0.39 is 6.29 Å². The van der Waals surface area contributed by atoms with Crippen molar-refractivity contribution in [3.8, 4) is 0 Å². The SMILES string of the molecule is CCC(C)(C)OC(O)C(C)C. The lowest BCUT2D eigenvalue weighted by molar-refractivity contribution is -0.192. The predicted octanol–water partition coefficient (Wildman–Crippen LogP) is 2.17. The smallest absolute Gasteiger partial charge is 0.157 e. The van der Waals surface area contributed by atoms with Gasteiger partial charge in [-0.15, -0.1) is 0 Å². The van der Waals surface area contributed by atoms with Gasteiger partial charge in [-0.05, 0) is 20.3 Å². The molecule has 0 saturated heterocycles. The summed E-state index contributed by atoms with van der Waals surface area (Å²) in [6, 6.07) is 0. The zero-order valence-electron chi connectivity index (χ0n) is 8.22. The molecule has 0 amide bonds. The van der Waals surface area contributed by atoms with Crippen molar-refractivity contribution in [1.29, 1.82) is 0 Å². The maximum Gasteiger partial charge on any atom is 0.157 e. The van der Waals surface area contributed by atoms with Gasteiger partial charge in [0.25, 0.3) is 0 Å². The monoisotopic (exact) mass is 160 g/mol. The summed E-state index contributed by atoms with van der Waals surface area (Å²) in [7, 11) is 0.